The minimum atomic E-state index is -1.98. The predicted octanol–water partition coefficient (Wildman–Crippen LogP) is 5.10. The monoisotopic (exact) mass is 710 g/mol. The average molecular weight is 709 g/mol. The van der Waals surface area contributed by atoms with Crippen molar-refractivity contribution in [2.24, 2.45) is 10.2 Å². The standard InChI is InChI=1S/C15H15N2O.3C6H5.C5H5.Fe.Sn/c1-11-7-3-6-10-14(11)15(18)17-16-12(2)13-8-4-5-9-13;3*1-2-4-6-5-3-1;1-2-4-5-3-1;;/h3-10H,1-2H3,(H,17,18);3*1-5H;1-5H;;/q;;;;;+2;+1/p-1/b16-12-;;;;;;. The van der Waals surface area contributed by atoms with E-state index in [1.807, 2.05) is 89.8 Å². The number of rotatable bonds is 6. The molecule has 6 rings (SSSR count). The van der Waals surface area contributed by atoms with Crippen molar-refractivity contribution in [3.05, 3.63) is 190 Å². The third-order valence-corrected chi connectivity index (χ3v) is 14.3. The summed E-state index contributed by atoms with van der Waals surface area (Å²) >= 11 is -1.98. The van der Waals surface area contributed by atoms with Crippen LogP contribution in [0.2, 0.25) is 0 Å². The molecule has 2 fully saturated rings. The molecule has 0 saturated heterocycles. The molecule has 2 saturated carbocycles. The van der Waals surface area contributed by atoms with Gasteiger partial charge in [0, 0.05) is 17.5 Å². The zero-order valence-electron chi connectivity index (χ0n) is 24.3. The van der Waals surface area contributed by atoms with Crippen molar-refractivity contribution in [2.75, 3.05) is 0 Å². The van der Waals surface area contributed by atoms with Gasteiger partial charge < -0.3 is 5.11 Å². The van der Waals surface area contributed by atoms with E-state index in [2.05, 4.69) is 101 Å². The first-order chi connectivity index (χ1) is 20.6. The van der Waals surface area contributed by atoms with E-state index in [4.69, 9.17) is 0 Å². The van der Waals surface area contributed by atoms with Crippen LogP contribution in [0.3, 0.4) is 0 Å². The molecule has 0 atom stereocenters. The van der Waals surface area contributed by atoms with Crippen LogP contribution in [0.5, 0.6) is 0 Å². The van der Waals surface area contributed by atoms with Crippen molar-refractivity contribution in [1.29, 1.82) is 0 Å². The number of hydrogen-bond acceptors (Lipinski definition) is 3. The van der Waals surface area contributed by atoms with Gasteiger partial charge in [-0.25, -0.2) is 0 Å². The van der Waals surface area contributed by atoms with Crippen molar-refractivity contribution >= 4 is 42.1 Å². The Kier molecular flexibility index (Phi) is 15.9. The SMILES string of the molecule is C/C(=N/N=C(\[O-])c1ccccc1C)[C]1[CH][CH][CH][CH]1.[CH]1[CH][CH][CH][CH]1.[Fe+2].c1cc[c]([Sn+]([c]2ccccc2)[c]2ccccc2)cc1. The molecule has 3 nitrogen and oxygen atoms in total. The van der Waals surface area contributed by atoms with E-state index in [1.54, 1.807) is 6.07 Å². The molecule has 0 spiro atoms. The molecule has 4 aromatic rings. The van der Waals surface area contributed by atoms with Crippen molar-refractivity contribution in [3.63, 3.8) is 0 Å². The van der Waals surface area contributed by atoms with Crippen molar-refractivity contribution < 1.29 is 22.2 Å². The van der Waals surface area contributed by atoms with Crippen molar-refractivity contribution in [2.45, 2.75) is 13.8 Å². The molecule has 4 aromatic carbocycles. The van der Waals surface area contributed by atoms with Crippen LogP contribution in [-0.4, -0.2) is 31.4 Å². The molecule has 0 heterocycles. The van der Waals surface area contributed by atoms with Gasteiger partial charge in [0.15, 0.2) is 0 Å². The zero-order valence-corrected chi connectivity index (χ0v) is 28.3. The van der Waals surface area contributed by atoms with Crippen LogP contribution in [0.4, 0.5) is 0 Å². The summed E-state index contributed by atoms with van der Waals surface area (Å²) in [5, 5.41) is 19.6. The van der Waals surface area contributed by atoms with Crippen LogP contribution in [0.1, 0.15) is 18.1 Å². The normalized spacial score (nSPS) is 14.9. The van der Waals surface area contributed by atoms with E-state index in [0.29, 0.717) is 5.56 Å². The maximum absolute atomic E-state index is 11.9. The van der Waals surface area contributed by atoms with Crippen LogP contribution in [0, 0.1) is 70.6 Å². The molecule has 2 aliphatic rings. The Labute approximate surface area is 276 Å². The Balaban J connectivity index is 0.000000199. The second-order valence-electron chi connectivity index (χ2n) is 9.51. The van der Waals surface area contributed by atoms with E-state index >= 15 is 0 Å². The maximum atomic E-state index is 11.9. The summed E-state index contributed by atoms with van der Waals surface area (Å²) in [6.45, 7) is 3.72. The Morgan fingerprint density at radius 2 is 0.930 bits per heavy atom. The Morgan fingerprint density at radius 1 is 0.535 bits per heavy atom. The van der Waals surface area contributed by atoms with Crippen molar-refractivity contribution in [1.82, 2.24) is 0 Å². The molecule has 0 aliphatic heterocycles. The van der Waals surface area contributed by atoms with Gasteiger partial charge in [0.05, 0.1) is 0 Å². The van der Waals surface area contributed by atoms with Crippen molar-refractivity contribution in [3.8, 4) is 0 Å². The second kappa shape index (κ2) is 19.6. The molecule has 0 N–H and O–H groups in total. The van der Waals surface area contributed by atoms with Gasteiger partial charge in [0.2, 0.25) is 0 Å². The third-order valence-electron chi connectivity index (χ3n) is 6.49. The van der Waals surface area contributed by atoms with Gasteiger partial charge in [-0.3, -0.25) is 0 Å². The summed E-state index contributed by atoms with van der Waals surface area (Å²) in [7, 11) is 0. The van der Waals surface area contributed by atoms with Crippen LogP contribution in [-0.2, 0) is 17.1 Å². The summed E-state index contributed by atoms with van der Waals surface area (Å²) < 4.78 is 4.59. The average Bonchev–Trinajstić information content (AvgIpc) is 3.81. The van der Waals surface area contributed by atoms with Gasteiger partial charge in [-0.15, -0.1) is 0 Å². The number of hydrogen-bond donors (Lipinski definition) is 0. The molecule has 43 heavy (non-hydrogen) atoms. The van der Waals surface area contributed by atoms with E-state index in [9.17, 15) is 5.11 Å². The van der Waals surface area contributed by atoms with Gasteiger partial charge in [-0.1, -0.05) is 24.3 Å². The fraction of sp³-hybridized carbons (Fsp3) is 0.0526. The first-order valence-electron chi connectivity index (χ1n) is 13.9. The molecule has 0 amide bonds. The van der Waals surface area contributed by atoms with Gasteiger partial charge in [-0.05, 0) is 82.8 Å². The Bertz CT molecular complexity index is 1280. The first-order valence-corrected chi connectivity index (χ1v) is 18.2. The number of benzene rings is 4. The molecule has 10 radical (unpaired) electrons. The third kappa shape index (κ3) is 11.4. The fourth-order valence-electron chi connectivity index (χ4n) is 4.30. The summed E-state index contributed by atoms with van der Waals surface area (Å²) in [6.07, 6.45) is 17.7. The van der Waals surface area contributed by atoms with Crippen LogP contribution in [0.15, 0.2) is 125 Å². The zero-order chi connectivity index (χ0) is 29.4. The van der Waals surface area contributed by atoms with Gasteiger partial charge in [-0.2, -0.15) is 10.2 Å². The fourth-order valence-corrected chi connectivity index (χ4v) is 11.7. The van der Waals surface area contributed by atoms with E-state index in [0.717, 1.165) is 17.2 Å². The van der Waals surface area contributed by atoms with Gasteiger partial charge in [0.25, 0.3) is 0 Å². The Hall–Kier alpha value is -2.66. The summed E-state index contributed by atoms with van der Waals surface area (Å²) in [5.74, 6) is 0.676. The predicted molar refractivity (Wildman–Crippen MR) is 177 cm³/mol. The Morgan fingerprint density at radius 3 is 1.35 bits per heavy atom. The van der Waals surface area contributed by atoms with Gasteiger partial charge >= 0.3 is 139 Å². The van der Waals surface area contributed by atoms with Crippen LogP contribution >= 0.6 is 0 Å². The molecule has 0 aromatic heterocycles. The second-order valence-corrected chi connectivity index (χ2v) is 16.6. The van der Waals surface area contributed by atoms with Crippen LogP contribution < -0.4 is 15.8 Å². The molecule has 0 bridgehead atoms. The first kappa shape index (κ1) is 34.8. The molecule has 212 valence electrons. The summed E-state index contributed by atoms with van der Waals surface area (Å²) in [5.41, 5.74) is 2.24. The van der Waals surface area contributed by atoms with E-state index in [1.165, 1.54) is 10.7 Å². The molecular weight excluding hydrogens is 675 g/mol. The topological polar surface area (TPSA) is 47.8 Å². The molecule has 5 heteroatoms. The quantitative estimate of drug-likeness (QED) is 0.119. The van der Waals surface area contributed by atoms with E-state index < -0.39 is 19.8 Å². The number of aryl methyl sites for hydroxylation is 1. The minimum absolute atomic E-state index is 0. The molecular formula is C38H34FeN2OSn+2. The number of nitrogens with zero attached hydrogens (tertiary/aromatic N) is 2. The molecule has 0 unspecified atom stereocenters. The van der Waals surface area contributed by atoms with Gasteiger partial charge in [0.1, 0.15) is 0 Å². The summed E-state index contributed by atoms with van der Waals surface area (Å²) in [4.78, 5) is 0. The van der Waals surface area contributed by atoms with E-state index in [-0.39, 0.29) is 23.0 Å². The molecule has 2 aliphatic carbocycles. The summed E-state index contributed by atoms with van der Waals surface area (Å²) in [6, 6.07) is 40.3. The van der Waals surface area contributed by atoms with Crippen LogP contribution in [0.25, 0.3) is 0 Å².